The maximum absolute atomic E-state index is 14.0. The summed E-state index contributed by atoms with van der Waals surface area (Å²) in [6.07, 6.45) is -7.12. The fourth-order valence-corrected chi connectivity index (χ4v) is 3.13. The van der Waals surface area contributed by atoms with Crippen molar-refractivity contribution >= 4 is 5.65 Å². The van der Waals surface area contributed by atoms with Crippen molar-refractivity contribution in [2.75, 3.05) is 0 Å². The molecule has 0 saturated heterocycles. The first kappa shape index (κ1) is 20.8. The van der Waals surface area contributed by atoms with Gasteiger partial charge in [0.05, 0.1) is 17.5 Å². The Labute approximate surface area is 170 Å². The van der Waals surface area contributed by atoms with Crippen LogP contribution in [0.15, 0.2) is 48.8 Å². The topological polar surface area (TPSA) is 43.1 Å². The van der Waals surface area contributed by atoms with Crippen molar-refractivity contribution in [1.29, 1.82) is 0 Å². The molecule has 160 valence electrons. The van der Waals surface area contributed by atoms with Crippen LogP contribution in [0.3, 0.4) is 0 Å². The van der Waals surface area contributed by atoms with Gasteiger partial charge in [0, 0.05) is 23.0 Å². The van der Waals surface area contributed by atoms with E-state index in [0.29, 0.717) is 34.0 Å². The SMILES string of the molecule is Cc1cc(-c2cnn3c(C(F)(F)F)cc(-c4ccc(C(F)(F)F)c(F)c4)nc23)ccn1. The zero-order valence-corrected chi connectivity index (χ0v) is 15.6. The van der Waals surface area contributed by atoms with Crippen molar-refractivity contribution in [3.05, 3.63) is 71.6 Å². The number of aryl methyl sites for hydroxylation is 1. The zero-order chi connectivity index (χ0) is 22.6. The summed E-state index contributed by atoms with van der Waals surface area (Å²) < 4.78 is 94.1. The van der Waals surface area contributed by atoms with E-state index in [9.17, 15) is 30.7 Å². The number of rotatable bonds is 2. The zero-order valence-electron chi connectivity index (χ0n) is 15.6. The van der Waals surface area contributed by atoms with Gasteiger partial charge in [0.15, 0.2) is 11.3 Å². The van der Waals surface area contributed by atoms with Crippen LogP contribution in [0.5, 0.6) is 0 Å². The monoisotopic (exact) mass is 440 g/mol. The van der Waals surface area contributed by atoms with Crippen LogP contribution in [0.25, 0.3) is 28.0 Å². The van der Waals surface area contributed by atoms with Crippen LogP contribution in [-0.4, -0.2) is 19.6 Å². The Kier molecular flexibility index (Phi) is 4.71. The molecule has 0 saturated carbocycles. The van der Waals surface area contributed by atoms with Gasteiger partial charge in [-0.3, -0.25) is 4.98 Å². The fourth-order valence-electron chi connectivity index (χ4n) is 3.13. The Morgan fingerprint density at radius 2 is 1.61 bits per heavy atom. The summed E-state index contributed by atoms with van der Waals surface area (Å²) in [4.78, 5) is 8.18. The minimum Gasteiger partial charge on any atom is -0.262 e. The molecular weight excluding hydrogens is 429 g/mol. The van der Waals surface area contributed by atoms with Crippen LogP contribution in [0.4, 0.5) is 30.7 Å². The van der Waals surface area contributed by atoms with E-state index in [4.69, 9.17) is 0 Å². The van der Waals surface area contributed by atoms with Gasteiger partial charge in [0.25, 0.3) is 0 Å². The highest BCUT2D eigenvalue weighted by Gasteiger charge is 2.37. The van der Waals surface area contributed by atoms with Crippen molar-refractivity contribution in [1.82, 2.24) is 19.6 Å². The lowest BCUT2D eigenvalue weighted by atomic mass is 10.1. The first-order valence-electron chi connectivity index (χ1n) is 8.71. The summed E-state index contributed by atoms with van der Waals surface area (Å²) in [5.41, 5.74) is -2.14. The standard InChI is InChI=1S/C20H11F7N4/c1-10-6-11(4-5-28-10)13-9-29-31-17(20(25,26)27)8-16(30-18(13)31)12-2-3-14(15(21)7-12)19(22,23)24/h2-9H,1H3. The molecule has 0 radical (unpaired) electrons. The molecule has 4 nitrogen and oxygen atoms in total. The van der Waals surface area contributed by atoms with E-state index in [0.717, 1.165) is 6.07 Å². The maximum Gasteiger partial charge on any atom is 0.433 e. The van der Waals surface area contributed by atoms with Crippen LogP contribution < -0.4 is 0 Å². The third-order valence-electron chi connectivity index (χ3n) is 4.54. The van der Waals surface area contributed by atoms with Crippen molar-refractivity contribution in [3.63, 3.8) is 0 Å². The van der Waals surface area contributed by atoms with Crippen LogP contribution in [0.2, 0.25) is 0 Å². The molecule has 0 atom stereocenters. The summed E-state index contributed by atoms with van der Waals surface area (Å²) in [5, 5.41) is 3.78. The van der Waals surface area contributed by atoms with Gasteiger partial charge in [-0.1, -0.05) is 6.07 Å². The summed E-state index contributed by atoms with van der Waals surface area (Å²) in [6, 6.07) is 5.64. The van der Waals surface area contributed by atoms with E-state index < -0.39 is 29.4 Å². The van der Waals surface area contributed by atoms with Crippen molar-refractivity contribution < 1.29 is 30.7 Å². The smallest absolute Gasteiger partial charge is 0.262 e. The Balaban J connectivity index is 1.97. The first-order valence-corrected chi connectivity index (χ1v) is 8.71. The third-order valence-corrected chi connectivity index (χ3v) is 4.54. The van der Waals surface area contributed by atoms with E-state index in [-0.39, 0.29) is 22.5 Å². The van der Waals surface area contributed by atoms with Gasteiger partial charge in [-0.15, -0.1) is 0 Å². The van der Waals surface area contributed by atoms with Crippen LogP contribution >= 0.6 is 0 Å². The highest BCUT2D eigenvalue weighted by atomic mass is 19.4. The molecule has 3 aromatic heterocycles. The van der Waals surface area contributed by atoms with Gasteiger partial charge in [-0.25, -0.2) is 13.9 Å². The summed E-state index contributed by atoms with van der Waals surface area (Å²) in [6.45, 7) is 1.69. The molecule has 0 bridgehead atoms. The predicted octanol–water partition coefficient (Wildman–Crippen LogP) is 5.94. The molecule has 11 heteroatoms. The number of pyridine rings is 1. The van der Waals surface area contributed by atoms with Gasteiger partial charge in [0.2, 0.25) is 0 Å². The molecule has 0 amide bonds. The number of hydrogen-bond acceptors (Lipinski definition) is 3. The van der Waals surface area contributed by atoms with Crippen LogP contribution in [0.1, 0.15) is 17.0 Å². The van der Waals surface area contributed by atoms with Crippen molar-refractivity contribution in [3.8, 4) is 22.4 Å². The highest BCUT2D eigenvalue weighted by molar-refractivity contribution is 5.79. The summed E-state index contributed by atoms with van der Waals surface area (Å²) in [5.74, 6) is -1.61. The molecule has 31 heavy (non-hydrogen) atoms. The number of nitrogens with zero attached hydrogens (tertiary/aromatic N) is 4. The number of fused-ring (bicyclic) bond motifs is 1. The predicted molar refractivity (Wildman–Crippen MR) is 96.4 cm³/mol. The number of halogens is 7. The third kappa shape index (κ3) is 3.82. The second kappa shape index (κ2) is 7.03. The number of benzene rings is 1. The molecule has 1 aromatic carbocycles. The fraction of sp³-hybridized carbons (Fsp3) is 0.150. The first-order chi connectivity index (χ1) is 14.4. The van der Waals surface area contributed by atoms with Gasteiger partial charge in [-0.2, -0.15) is 31.4 Å². The maximum atomic E-state index is 14.0. The highest BCUT2D eigenvalue weighted by Crippen LogP contribution is 2.37. The number of aromatic nitrogens is 4. The molecule has 0 aliphatic heterocycles. The molecule has 3 heterocycles. The average molecular weight is 440 g/mol. The number of alkyl halides is 6. The molecule has 4 rings (SSSR count). The van der Waals surface area contributed by atoms with Crippen molar-refractivity contribution in [2.24, 2.45) is 0 Å². The van der Waals surface area contributed by atoms with E-state index in [2.05, 4.69) is 15.1 Å². The Bertz CT molecular complexity index is 1290. The molecule has 0 aliphatic carbocycles. The van der Waals surface area contributed by atoms with E-state index in [1.54, 1.807) is 19.1 Å². The van der Waals surface area contributed by atoms with Crippen molar-refractivity contribution in [2.45, 2.75) is 19.3 Å². The van der Waals surface area contributed by atoms with Crippen LogP contribution in [-0.2, 0) is 12.4 Å². The van der Waals surface area contributed by atoms with Gasteiger partial charge in [0.1, 0.15) is 5.82 Å². The number of hydrogen-bond donors (Lipinski definition) is 0. The molecule has 4 aromatic rings. The summed E-state index contributed by atoms with van der Waals surface area (Å²) in [7, 11) is 0. The molecule has 0 N–H and O–H groups in total. The lowest BCUT2D eigenvalue weighted by Crippen LogP contribution is -2.14. The quantitative estimate of drug-likeness (QED) is 0.362. The minimum atomic E-state index is -4.94. The van der Waals surface area contributed by atoms with Gasteiger partial charge >= 0.3 is 12.4 Å². The van der Waals surface area contributed by atoms with Crippen LogP contribution in [0, 0.1) is 12.7 Å². The largest absolute Gasteiger partial charge is 0.433 e. The van der Waals surface area contributed by atoms with E-state index >= 15 is 0 Å². The molecule has 0 fully saturated rings. The molecule has 0 aliphatic rings. The summed E-state index contributed by atoms with van der Waals surface area (Å²) >= 11 is 0. The normalized spacial score (nSPS) is 12.5. The van der Waals surface area contributed by atoms with Gasteiger partial charge < -0.3 is 0 Å². The Hall–Kier alpha value is -3.50. The Morgan fingerprint density at radius 1 is 0.871 bits per heavy atom. The van der Waals surface area contributed by atoms with Gasteiger partial charge in [-0.05, 0) is 42.8 Å². The lowest BCUT2D eigenvalue weighted by Gasteiger charge is -2.13. The molecule has 0 unspecified atom stereocenters. The van der Waals surface area contributed by atoms with E-state index in [1.165, 1.54) is 12.4 Å². The Morgan fingerprint density at radius 3 is 2.23 bits per heavy atom. The minimum absolute atomic E-state index is 0.185. The average Bonchev–Trinajstić information content (AvgIpc) is 3.09. The molecule has 0 spiro atoms. The van der Waals surface area contributed by atoms with E-state index in [1.807, 2.05) is 0 Å². The second-order valence-electron chi connectivity index (χ2n) is 6.70. The molecular formula is C20H11F7N4. The second-order valence-corrected chi connectivity index (χ2v) is 6.70. The lowest BCUT2D eigenvalue weighted by molar-refractivity contribution is -0.142.